The summed E-state index contributed by atoms with van der Waals surface area (Å²) in [6.07, 6.45) is 1.68. The van der Waals surface area contributed by atoms with Crippen molar-refractivity contribution in [2.45, 2.75) is 6.92 Å². The molecule has 0 amide bonds. The fourth-order valence-corrected chi connectivity index (χ4v) is 0.227. The number of aldehydes is 1. The summed E-state index contributed by atoms with van der Waals surface area (Å²) >= 11 is 0. The molecule has 0 aromatic rings. The third-order valence-corrected chi connectivity index (χ3v) is 0.610. The van der Waals surface area contributed by atoms with E-state index in [1.165, 1.54) is 6.92 Å². The molecule has 0 rings (SSSR count). The Morgan fingerprint density at radius 1 is 1.80 bits per heavy atom. The van der Waals surface area contributed by atoms with Crippen LogP contribution in [0.5, 0.6) is 0 Å². The highest BCUT2D eigenvalue weighted by Gasteiger charge is 1.83. The zero-order chi connectivity index (χ0) is 7.82. The van der Waals surface area contributed by atoms with E-state index in [2.05, 4.69) is 15.1 Å². The van der Waals surface area contributed by atoms with Crippen molar-refractivity contribution < 1.29 is 14.8 Å². The van der Waals surface area contributed by atoms with Crippen LogP contribution in [-0.4, -0.2) is 30.0 Å². The molecule has 0 aromatic carbocycles. The van der Waals surface area contributed by atoms with E-state index in [1.54, 1.807) is 0 Å². The minimum atomic E-state index is 0.0572. The summed E-state index contributed by atoms with van der Waals surface area (Å²) in [4.78, 5) is 14.3. The van der Waals surface area contributed by atoms with Crippen molar-refractivity contribution in [1.29, 1.82) is 0 Å². The van der Waals surface area contributed by atoms with Gasteiger partial charge in [-0.2, -0.15) is 0 Å². The molecule has 5 heteroatoms. The Kier molecular flexibility index (Phi) is 4.94. The van der Waals surface area contributed by atoms with Gasteiger partial charge in [0.15, 0.2) is 12.9 Å². The van der Waals surface area contributed by atoms with Gasteiger partial charge in [0.1, 0.15) is 5.71 Å². The Labute approximate surface area is 58.0 Å². The molecule has 0 spiro atoms. The zero-order valence-electron chi connectivity index (χ0n) is 5.52. The second-order valence-corrected chi connectivity index (χ2v) is 1.44. The average Bonchev–Trinajstić information content (AvgIpc) is 1.98. The highest BCUT2D eigenvalue weighted by molar-refractivity contribution is 6.26. The number of hydrogen-bond acceptors (Lipinski definition) is 5. The molecule has 0 bridgehead atoms. The average molecular weight is 144 g/mol. The van der Waals surface area contributed by atoms with Gasteiger partial charge in [-0.1, -0.05) is 10.3 Å². The second kappa shape index (κ2) is 5.74. The molecule has 0 saturated heterocycles. The first-order chi connectivity index (χ1) is 4.81. The molecule has 0 aliphatic carbocycles. The van der Waals surface area contributed by atoms with Crippen molar-refractivity contribution in [2.75, 3.05) is 6.61 Å². The highest BCUT2D eigenvalue weighted by Crippen LogP contribution is 1.75. The lowest BCUT2D eigenvalue weighted by Gasteiger charge is -1.90. The maximum Gasteiger partial charge on any atom is 0.167 e. The maximum atomic E-state index is 9.87. The molecular weight excluding hydrogens is 136 g/mol. The van der Waals surface area contributed by atoms with Crippen LogP contribution in [0.25, 0.3) is 0 Å². The standard InChI is InChI=1S/C5H8N2O3/c1-5(4-8)7-10-3-2-6-9/h2,4,9H,3H2,1H3/b6-2?,7-5-. The second-order valence-electron chi connectivity index (χ2n) is 1.44. The Morgan fingerprint density at radius 2 is 2.50 bits per heavy atom. The fourth-order valence-electron chi connectivity index (χ4n) is 0.227. The maximum absolute atomic E-state index is 9.87. The lowest BCUT2D eigenvalue weighted by Crippen LogP contribution is -1.95. The number of carbonyl (C=O) groups excluding carboxylic acids is 1. The topological polar surface area (TPSA) is 71.2 Å². The first kappa shape index (κ1) is 8.61. The Bertz CT molecular complexity index is 153. The number of oxime groups is 2. The van der Waals surface area contributed by atoms with Crippen LogP contribution in [-0.2, 0) is 9.63 Å². The van der Waals surface area contributed by atoms with E-state index in [0.29, 0.717) is 6.29 Å². The Hall–Kier alpha value is -1.39. The molecule has 0 atom stereocenters. The minimum Gasteiger partial charge on any atom is -0.411 e. The predicted molar refractivity (Wildman–Crippen MR) is 35.4 cm³/mol. The summed E-state index contributed by atoms with van der Waals surface area (Å²) in [6.45, 7) is 1.56. The van der Waals surface area contributed by atoms with Crippen molar-refractivity contribution in [1.82, 2.24) is 0 Å². The minimum absolute atomic E-state index is 0.0572. The van der Waals surface area contributed by atoms with Crippen molar-refractivity contribution in [3.05, 3.63) is 0 Å². The molecule has 0 unspecified atom stereocenters. The van der Waals surface area contributed by atoms with Gasteiger partial charge in [-0.15, -0.1) is 0 Å². The molecule has 1 N–H and O–H groups in total. The summed E-state index contributed by atoms with van der Waals surface area (Å²) in [5.74, 6) is 0. The van der Waals surface area contributed by atoms with E-state index >= 15 is 0 Å². The summed E-state index contributed by atoms with van der Waals surface area (Å²) in [6, 6.07) is 0. The normalized spacial score (nSPS) is 11.9. The first-order valence-corrected chi connectivity index (χ1v) is 2.59. The van der Waals surface area contributed by atoms with Crippen molar-refractivity contribution in [3.8, 4) is 0 Å². The first-order valence-electron chi connectivity index (χ1n) is 2.59. The van der Waals surface area contributed by atoms with Gasteiger partial charge in [-0.05, 0) is 6.92 Å². The van der Waals surface area contributed by atoms with Crippen LogP contribution in [0.4, 0.5) is 0 Å². The van der Waals surface area contributed by atoms with Crippen LogP contribution >= 0.6 is 0 Å². The van der Waals surface area contributed by atoms with Gasteiger partial charge in [0.25, 0.3) is 0 Å². The summed E-state index contributed by atoms with van der Waals surface area (Å²) in [7, 11) is 0. The van der Waals surface area contributed by atoms with Crippen LogP contribution < -0.4 is 0 Å². The third kappa shape index (κ3) is 4.76. The fraction of sp³-hybridized carbons (Fsp3) is 0.400. The summed E-state index contributed by atoms with van der Waals surface area (Å²) in [5, 5.41) is 13.8. The van der Waals surface area contributed by atoms with Crippen LogP contribution in [0.2, 0.25) is 0 Å². The predicted octanol–water partition coefficient (Wildman–Crippen LogP) is 0.0378. The van der Waals surface area contributed by atoms with Gasteiger partial charge in [-0.25, -0.2) is 0 Å². The molecule has 0 fully saturated rings. The summed E-state index contributed by atoms with van der Waals surface area (Å²) in [5.41, 5.74) is 0.242. The van der Waals surface area contributed by atoms with Crippen molar-refractivity contribution in [2.24, 2.45) is 10.3 Å². The molecule has 0 saturated carbocycles. The zero-order valence-corrected chi connectivity index (χ0v) is 5.52. The molecule has 5 nitrogen and oxygen atoms in total. The molecular formula is C5H8N2O3. The molecule has 0 aromatic heterocycles. The van der Waals surface area contributed by atoms with E-state index < -0.39 is 0 Å². The Morgan fingerprint density at radius 3 is 3.00 bits per heavy atom. The summed E-state index contributed by atoms with van der Waals surface area (Å²) < 4.78 is 0. The van der Waals surface area contributed by atoms with Crippen LogP contribution in [0.1, 0.15) is 6.92 Å². The molecule has 56 valence electrons. The van der Waals surface area contributed by atoms with E-state index in [4.69, 9.17) is 5.21 Å². The number of carbonyl (C=O) groups is 1. The molecule has 0 heterocycles. The van der Waals surface area contributed by atoms with Crippen LogP contribution in [0.15, 0.2) is 10.3 Å². The monoisotopic (exact) mass is 144 g/mol. The molecule has 10 heavy (non-hydrogen) atoms. The SMILES string of the molecule is C/C(C=O)=N/OCC=NO. The van der Waals surface area contributed by atoms with Gasteiger partial charge in [0, 0.05) is 0 Å². The van der Waals surface area contributed by atoms with Crippen LogP contribution in [0, 0.1) is 0 Å². The van der Waals surface area contributed by atoms with Gasteiger partial charge < -0.3 is 10.0 Å². The largest absolute Gasteiger partial charge is 0.411 e. The smallest absolute Gasteiger partial charge is 0.167 e. The molecule has 0 aliphatic rings. The molecule has 0 aliphatic heterocycles. The van der Waals surface area contributed by atoms with E-state index in [0.717, 1.165) is 6.21 Å². The van der Waals surface area contributed by atoms with E-state index in [1.807, 2.05) is 0 Å². The van der Waals surface area contributed by atoms with Gasteiger partial charge in [-0.3, -0.25) is 4.79 Å². The highest BCUT2D eigenvalue weighted by atomic mass is 16.6. The third-order valence-electron chi connectivity index (χ3n) is 0.610. The van der Waals surface area contributed by atoms with Crippen molar-refractivity contribution >= 4 is 18.2 Å². The van der Waals surface area contributed by atoms with Crippen LogP contribution in [0.3, 0.4) is 0 Å². The van der Waals surface area contributed by atoms with Crippen molar-refractivity contribution in [3.63, 3.8) is 0 Å². The van der Waals surface area contributed by atoms with Gasteiger partial charge >= 0.3 is 0 Å². The number of rotatable bonds is 4. The lowest BCUT2D eigenvalue weighted by atomic mass is 10.5. The van der Waals surface area contributed by atoms with E-state index in [-0.39, 0.29) is 12.3 Å². The lowest BCUT2D eigenvalue weighted by molar-refractivity contribution is -0.102. The van der Waals surface area contributed by atoms with E-state index in [9.17, 15) is 4.79 Å². The molecule has 0 radical (unpaired) electrons. The van der Waals surface area contributed by atoms with Gasteiger partial charge in [0.2, 0.25) is 0 Å². The quantitative estimate of drug-likeness (QED) is 0.199. The van der Waals surface area contributed by atoms with Gasteiger partial charge in [0.05, 0.1) is 6.21 Å². The number of nitrogens with zero attached hydrogens (tertiary/aromatic N) is 2. The number of hydrogen-bond donors (Lipinski definition) is 1. The Balaban J connectivity index is 3.42.